The van der Waals surface area contributed by atoms with E-state index < -0.39 is 29.5 Å². The first-order valence-corrected chi connectivity index (χ1v) is 13.6. The number of amides is 1. The van der Waals surface area contributed by atoms with Crippen LogP contribution in [-0.2, 0) is 33.0 Å². The van der Waals surface area contributed by atoms with Gasteiger partial charge in [-0.2, -0.15) is 0 Å². The standard InChI is InChI=1S/C30H28Cl2FNO6/c1-39-30(21-3-6-22(31)7-4-21)27-24(13-20(14-25(27)33)28(37)17-8-10-40-11-9-17)29(38)34(30)16-18-2-5-23(32)12-19(18)15-26(35)36/h2-7,12-14,17,28,37H,8-11,15-16H2,1H3,(H,35,36)/t28-,30+/m0/s1. The maximum absolute atomic E-state index is 16.2. The van der Waals surface area contributed by atoms with Gasteiger partial charge in [-0.05, 0) is 71.8 Å². The summed E-state index contributed by atoms with van der Waals surface area (Å²) in [6.07, 6.45) is -0.0520. The molecule has 210 valence electrons. The van der Waals surface area contributed by atoms with Gasteiger partial charge in [0.25, 0.3) is 5.91 Å². The predicted octanol–water partition coefficient (Wildman–Crippen LogP) is 5.72. The van der Waals surface area contributed by atoms with Crippen molar-refractivity contribution in [3.05, 3.63) is 104 Å². The van der Waals surface area contributed by atoms with E-state index >= 15 is 4.39 Å². The molecule has 0 spiro atoms. The molecule has 0 saturated carbocycles. The number of hydrogen-bond acceptors (Lipinski definition) is 5. The Morgan fingerprint density at radius 1 is 1.10 bits per heavy atom. The number of hydrogen-bond donors (Lipinski definition) is 2. The third-order valence-electron chi connectivity index (χ3n) is 7.73. The van der Waals surface area contributed by atoms with Crippen LogP contribution in [0.3, 0.4) is 0 Å². The van der Waals surface area contributed by atoms with Crippen molar-refractivity contribution in [3.8, 4) is 0 Å². The molecule has 40 heavy (non-hydrogen) atoms. The van der Waals surface area contributed by atoms with E-state index in [0.717, 1.165) is 0 Å². The summed E-state index contributed by atoms with van der Waals surface area (Å²) in [4.78, 5) is 27.1. The van der Waals surface area contributed by atoms with E-state index in [4.69, 9.17) is 32.7 Å². The Morgan fingerprint density at radius 2 is 1.77 bits per heavy atom. The van der Waals surface area contributed by atoms with Crippen LogP contribution < -0.4 is 0 Å². The van der Waals surface area contributed by atoms with Gasteiger partial charge in [0.2, 0.25) is 0 Å². The fraction of sp³-hybridized carbons (Fsp3) is 0.333. The van der Waals surface area contributed by atoms with Crippen molar-refractivity contribution in [2.24, 2.45) is 5.92 Å². The van der Waals surface area contributed by atoms with E-state index in [0.29, 0.717) is 58.4 Å². The minimum absolute atomic E-state index is 0.0130. The van der Waals surface area contributed by atoms with Crippen LogP contribution in [0.25, 0.3) is 0 Å². The van der Waals surface area contributed by atoms with Gasteiger partial charge in [-0.1, -0.05) is 41.4 Å². The number of ether oxygens (including phenoxy) is 2. The number of rotatable bonds is 8. The Labute approximate surface area is 241 Å². The van der Waals surface area contributed by atoms with Gasteiger partial charge in [0.15, 0.2) is 5.72 Å². The molecule has 3 aromatic rings. The minimum Gasteiger partial charge on any atom is -0.481 e. The highest BCUT2D eigenvalue weighted by atomic mass is 35.5. The van der Waals surface area contributed by atoms with E-state index in [1.807, 2.05) is 0 Å². The number of carboxylic acids is 1. The molecular weight excluding hydrogens is 560 g/mol. The normalized spacial score (nSPS) is 20.0. The van der Waals surface area contributed by atoms with Gasteiger partial charge in [-0.3, -0.25) is 14.5 Å². The lowest BCUT2D eigenvalue weighted by molar-refractivity contribution is -0.136. The first-order valence-electron chi connectivity index (χ1n) is 12.9. The first kappa shape index (κ1) is 28.5. The number of aliphatic hydroxyl groups excluding tert-OH is 1. The molecular formula is C30H28Cl2FNO6. The molecule has 2 aliphatic heterocycles. The summed E-state index contributed by atoms with van der Waals surface area (Å²) in [6.45, 7) is 0.914. The number of carboxylic acid groups (broad SMARTS) is 1. The Bertz CT molecular complexity index is 1440. The Kier molecular flexibility index (Phi) is 8.17. The van der Waals surface area contributed by atoms with Crippen LogP contribution in [0.2, 0.25) is 10.0 Å². The van der Waals surface area contributed by atoms with E-state index in [1.165, 1.54) is 24.1 Å². The zero-order chi connectivity index (χ0) is 28.6. The van der Waals surface area contributed by atoms with E-state index in [-0.39, 0.29) is 30.0 Å². The van der Waals surface area contributed by atoms with Gasteiger partial charge in [0.1, 0.15) is 5.82 Å². The maximum atomic E-state index is 16.2. The van der Waals surface area contributed by atoms with Gasteiger partial charge in [0, 0.05) is 42.5 Å². The number of methoxy groups -OCH3 is 1. The summed E-state index contributed by atoms with van der Waals surface area (Å²) < 4.78 is 27.6. The van der Waals surface area contributed by atoms with Crippen molar-refractivity contribution in [1.29, 1.82) is 0 Å². The molecule has 3 aromatic carbocycles. The molecule has 1 amide bonds. The van der Waals surface area contributed by atoms with Crippen LogP contribution in [0.1, 0.15) is 57.1 Å². The van der Waals surface area contributed by atoms with Gasteiger partial charge in [-0.25, -0.2) is 4.39 Å². The quantitative estimate of drug-likeness (QED) is 0.350. The van der Waals surface area contributed by atoms with Gasteiger partial charge in [0.05, 0.1) is 23.7 Å². The molecule has 2 N–H and O–H groups in total. The Hall–Kier alpha value is -3.01. The fourth-order valence-corrected chi connectivity index (χ4v) is 6.10. The summed E-state index contributed by atoms with van der Waals surface area (Å²) >= 11 is 12.3. The Morgan fingerprint density at radius 3 is 2.42 bits per heavy atom. The number of fused-ring (bicyclic) bond motifs is 1. The van der Waals surface area contributed by atoms with Crippen molar-refractivity contribution in [3.63, 3.8) is 0 Å². The van der Waals surface area contributed by atoms with E-state index in [1.54, 1.807) is 42.5 Å². The zero-order valence-corrected chi connectivity index (χ0v) is 23.2. The van der Waals surface area contributed by atoms with Gasteiger partial charge in [-0.15, -0.1) is 0 Å². The number of aliphatic carboxylic acids is 1. The molecule has 0 bridgehead atoms. The van der Waals surface area contributed by atoms with Crippen molar-refractivity contribution in [2.45, 2.75) is 37.6 Å². The van der Waals surface area contributed by atoms with Crippen LogP contribution in [0.4, 0.5) is 4.39 Å². The average molecular weight is 588 g/mol. The van der Waals surface area contributed by atoms with Crippen molar-refractivity contribution in [2.75, 3.05) is 20.3 Å². The lowest BCUT2D eigenvalue weighted by Crippen LogP contribution is -2.46. The molecule has 0 aliphatic carbocycles. The molecule has 2 atom stereocenters. The van der Waals surface area contributed by atoms with E-state index in [9.17, 15) is 19.8 Å². The van der Waals surface area contributed by atoms with Gasteiger partial charge < -0.3 is 19.7 Å². The molecule has 2 aliphatic rings. The van der Waals surface area contributed by atoms with Gasteiger partial charge >= 0.3 is 5.97 Å². The number of halogens is 3. The second-order valence-corrected chi connectivity index (χ2v) is 10.9. The molecule has 0 radical (unpaired) electrons. The lowest BCUT2D eigenvalue weighted by atomic mass is 9.86. The molecule has 5 rings (SSSR count). The monoisotopic (exact) mass is 587 g/mol. The van der Waals surface area contributed by atoms with Crippen molar-refractivity contribution in [1.82, 2.24) is 4.90 Å². The van der Waals surface area contributed by atoms with Crippen LogP contribution in [0.15, 0.2) is 54.6 Å². The molecule has 1 saturated heterocycles. The second kappa shape index (κ2) is 11.5. The minimum atomic E-state index is -1.69. The average Bonchev–Trinajstić information content (AvgIpc) is 3.18. The highest BCUT2D eigenvalue weighted by Gasteiger charge is 2.54. The fourth-order valence-electron chi connectivity index (χ4n) is 5.77. The summed E-state index contributed by atoms with van der Waals surface area (Å²) in [5.74, 6) is -2.42. The molecule has 0 aromatic heterocycles. The zero-order valence-electron chi connectivity index (χ0n) is 21.7. The number of carbonyl (C=O) groups excluding carboxylic acids is 1. The van der Waals surface area contributed by atoms with Crippen LogP contribution >= 0.6 is 23.2 Å². The van der Waals surface area contributed by atoms with Crippen LogP contribution in [0.5, 0.6) is 0 Å². The van der Waals surface area contributed by atoms with Crippen molar-refractivity contribution >= 4 is 35.1 Å². The lowest BCUT2D eigenvalue weighted by Gasteiger charge is -2.39. The van der Waals surface area contributed by atoms with Crippen LogP contribution in [-0.4, -0.2) is 47.3 Å². The molecule has 0 unspecified atom stereocenters. The SMILES string of the molecule is CO[C@]1(c2ccc(Cl)cc2)c2c(F)cc([C@@H](O)C3CCOCC3)cc2C(=O)N1Cc1ccc(Cl)cc1CC(=O)O. The Balaban J connectivity index is 1.66. The van der Waals surface area contributed by atoms with Crippen molar-refractivity contribution < 1.29 is 33.7 Å². The molecule has 10 heteroatoms. The smallest absolute Gasteiger partial charge is 0.307 e. The third-order valence-corrected chi connectivity index (χ3v) is 8.22. The largest absolute Gasteiger partial charge is 0.481 e. The summed E-state index contributed by atoms with van der Waals surface area (Å²) in [5, 5.41) is 21.4. The van der Waals surface area contributed by atoms with E-state index in [2.05, 4.69) is 0 Å². The number of carbonyl (C=O) groups is 2. The predicted molar refractivity (Wildman–Crippen MR) is 147 cm³/mol. The summed E-state index contributed by atoms with van der Waals surface area (Å²) in [5.41, 5.74) is 0.0795. The number of aliphatic hydroxyl groups is 1. The highest BCUT2D eigenvalue weighted by Crippen LogP contribution is 2.48. The highest BCUT2D eigenvalue weighted by molar-refractivity contribution is 6.30. The second-order valence-electron chi connectivity index (χ2n) is 10.0. The molecule has 2 heterocycles. The molecule has 1 fully saturated rings. The topological polar surface area (TPSA) is 96.3 Å². The summed E-state index contributed by atoms with van der Waals surface area (Å²) in [7, 11) is 1.38. The first-order chi connectivity index (χ1) is 19.1. The molecule has 7 nitrogen and oxygen atoms in total. The number of nitrogens with zero attached hydrogens (tertiary/aromatic N) is 1. The third kappa shape index (κ3) is 5.10. The number of benzene rings is 3. The maximum Gasteiger partial charge on any atom is 0.307 e. The van der Waals surface area contributed by atoms with Crippen LogP contribution in [0, 0.1) is 11.7 Å². The summed E-state index contributed by atoms with van der Waals surface area (Å²) in [6, 6.07) is 14.2.